The van der Waals surface area contributed by atoms with E-state index >= 15 is 0 Å². The van der Waals surface area contributed by atoms with E-state index in [1.165, 1.54) is 0 Å². The van der Waals surface area contributed by atoms with Gasteiger partial charge in [-0.1, -0.05) is 0 Å². The second-order valence-corrected chi connectivity index (χ2v) is 1.82. The summed E-state index contributed by atoms with van der Waals surface area (Å²) in [4.78, 5) is 0. The Kier molecular flexibility index (Phi) is 48.8. The SMILES string of the molecule is Br.O.OCC1CCCO1.[H-].[H-].[H-].[Na+].[Na+].[Na+]. The summed E-state index contributed by atoms with van der Waals surface area (Å²) in [5.74, 6) is 0. The number of aliphatic hydroxyl groups excluding tert-OH is 1. The molecule has 64 valence electrons. The molecule has 1 unspecified atom stereocenters. The molecule has 12 heavy (non-hydrogen) atoms. The van der Waals surface area contributed by atoms with E-state index in [0.717, 1.165) is 19.4 Å². The van der Waals surface area contributed by atoms with Crippen LogP contribution in [0, 0.1) is 0 Å². The fourth-order valence-corrected chi connectivity index (χ4v) is 0.788. The molecule has 1 fully saturated rings. The van der Waals surface area contributed by atoms with Crippen LogP contribution in [-0.4, -0.2) is 29.9 Å². The van der Waals surface area contributed by atoms with E-state index in [2.05, 4.69) is 0 Å². The number of hydrogen-bond acceptors (Lipinski definition) is 2. The molecule has 0 aromatic heterocycles. The first-order valence-corrected chi connectivity index (χ1v) is 2.66. The van der Waals surface area contributed by atoms with Crippen LogP contribution in [0.25, 0.3) is 0 Å². The van der Waals surface area contributed by atoms with Gasteiger partial charge in [0.05, 0.1) is 12.7 Å². The van der Waals surface area contributed by atoms with E-state index < -0.39 is 0 Å². The fourth-order valence-electron chi connectivity index (χ4n) is 0.788. The van der Waals surface area contributed by atoms with Crippen molar-refractivity contribution in [3.05, 3.63) is 0 Å². The van der Waals surface area contributed by atoms with Crippen LogP contribution in [0.3, 0.4) is 0 Å². The van der Waals surface area contributed by atoms with Crippen LogP contribution in [0.1, 0.15) is 17.1 Å². The molecule has 0 spiro atoms. The van der Waals surface area contributed by atoms with Gasteiger partial charge in [0.1, 0.15) is 0 Å². The van der Waals surface area contributed by atoms with Crippen molar-refractivity contribution in [3.8, 4) is 0 Å². The van der Waals surface area contributed by atoms with Crippen LogP contribution in [0.15, 0.2) is 0 Å². The Labute approximate surface area is 155 Å². The summed E-state index contributed by atoms with van der Waals surface area (Å²) >= 11 is 0. The van der Waals surface area contributed by atoms with Gasteiger partial charge in [-0.2, -0.15) is 0 Å². The summed E-state index contributed by atoms with van der Waals surface area (Å²) < 4.78 is 5.05. The van der Waals surface area contributed by atoms with Crippen molar-refractivity contribution in [1.82, 2.24) is 0 Å². The van der Waals surface area contributed by atoms with Crippen molar-refractivity contribution < 1.29 is 108 Å². The fraction of sp³-hybridized carbons (Fsp3) is 1.00. The van der Waals surface area contributed by atoms with E-state index in [0.29, 0.717) is 0 Å². The molecule has 1 rings (SSSR count). The Morgan fingerprint density at radius 1 is 1.33 bits per heavy atom. The third-order valence-corrected chi connectivity index (χ3v) is 1.23. The maximum absolute atomic E-state index is 8.44. The quantitative estimate of drug-likeness (QED) is 0.482. The molecule has 1 atom stereocenters. The average molecular weight is 273 g/mol. The van der Waals surface area contributed by atoms with Crippen LogP contribution in [0.5, 0.6) is 0 Å². The number of halogens is 1. The molecule has 1 saturated heterocycles. The Balaban J connectivity index is -0.0000000102. The minimum Gasteiger partial charge on any atom is -1.00 e. The average Bonchev–Trinajstić information content (AvgIpc) is 2.14. The standard InChI is InChI=1S/C5H10O2.BrH.3Na.H2O.3H/c6-4-5-2-1-3-7-5;;;;;;;;/h5-6H,1-4H2;1H;;;;1H2;;;/q;;3*+1;;3*-1. The molecule has 0 aliphatic carbocycles. The largest absolute Gasteiger partial charge is 1.00 e. The molecule has 3 nitrogen and oxygen atoms in total. The normalized spacial score (nSPS) is 18.2. The molecular formula is C5H16BrNa3O3. The van der Waals surface area contributed by atoms with Gasteiger partial charge < -0.3 is 19.6 Å². The summed E-state index contributed by atoms with van der Waals surface area (Å²) in [5, 5.41) is 8.44. The second-order valence-electron chi connectivity index (χ2n) is 1.82. The van der Waals surface area contributed by atoms with Crippen LogP contribution >= 0.6 is 17.0 Å². The number of rotatable bonds is 1. The second kappa shape index (κ2) is 19.9. The number of hydrogen-bond donors (Lipinski definition) is 1. The van der Waals surface area contributed by atoms with E-state index in [1.54, 1.807) is 0 Å². The van der Waals surface area contributed by atoms with Crippen molar-refractivity contribution in [2.45, 2.75) is 18.9 Å². The molecule has 0 aromatic carbocycles. The zero-order valence-electron chi connectivity index (χ0n) is 11.2. The van der Waals surface area contributed by atoms with Gasteiger partial charge in [0, 0.05) is 6.61 Å². The first-order chi connectivity index (χ1) is 3.43. The molecule has 0 saturated carbocycles. The van der Waals surface area contributed by atoms with Gasteiger partial charge in [-0.3, -0.25) is 0 Å². The molecule has 0 bridgehead atoms. The smallest absolute Gasteiger partial charge is 1.00 e. The van der Waals surface area contributed by atoms with Gasteiger partial charge in [-0.25, -0.2) is 0 Å². The maximum Gasteiger partial charge on any atom is 1.00 e. The van der Waals surface area contributed by atoms with Gasteiger partial charge in [-0.05, 0) is 12.8 Å². The Bertz CT molecular complexity index is 74.7. The van der Waals surface area contributed by atoms with Gasteiger partial charge in [0.2, 0.25) is 0 Å². The van der Waals surface area contributed by atoms with Crippen LogP contribution in [-0.2, 0) is 4.74 Å². The summed E-state index contributed by atoms with van der Waals surface area (Å²) in [6.45, 7) is 1.03. The summed E-state index contributed by atoms with van der Waals surface area (Å²) in [7, 11) is 0. The molecule has 0 amide bonds. The van der Waals surface area contributed by atoms with E-state index in [4.69, 9.17) is 9.84 Å². The third-order valence-electron chi connectivity index (χ3n) is 1.23. The van der Waals surface area contributed by atoms with Crippen LogP contribution in [0.2, 0.25) is 0 Å². The Morgan fingerprint density at radius 3 is 2.00 bits per heavy atom. The summed E-state index contributed by atoms with van der Waals surface area (Å²) in [5.41, 5.74) is 0. The van der Waals surface area contributed by atoms with Crippen molar-refractivity contribution in [1.29, 1.82) is 0 Å². The third kappa shape index (κ3) is 13.4. The molecule has 7 heteroatoms. The van der Waals surface area contributed by atoms with Gasteiger partial charge in [0.25, 0.3) is 0 Å². The minimum absolute atomic E-state index is 0. The van der Waals surface area contributed by atoms with Crippen LogP contribution in [0.4, 0.5) is 0 Å². The summed E-state index contributed by atoms with van der Waals surface area (Å²) in [6.07, 6.45) is 2.31. The van der Waals surface area contributed by atoms with Crippen LogP contribution < -0.4 is 88.7 Å². The van der Waals surface area contributed by atoms with Gasteiger partial charge in [-0.15, -0.1) is 17.0 Å². The van der Waals surface area contributed by atoms with Gasteiger partial charge >= 0.3 is 88.7 Å². The zero-order chi connectivity index (χ0) is 5.11. The first-order valence-electron chi connectivity index (χ1n) is 2.66. The molecule has 0 radical (unpaired) electrons. The molecule has 1 aliphatic heterocycles. The zero-order valence-corrected chi connectivity index (χ0v) is 15.9. The minimum atomic E-state index is 0. The molecule has 3 N–H and O–H groups in total. The number of ether oxygens (including phenoxy) is 1. The van der Waals surface area contributed by atoms with Gasteiger partial charge in [0.15, 0.2) is 0 Å². The maximum atomic E-state index is 8.44. The van der Waals surface area contributed by atoms with E-state index in [-0.39, 0.29) is 128 Å². The first kappa shape index (κ1) is 29.5. The predicted octanol–water partition coefficient (Wildman–Crippen LogP) is -8.74. The molecular weight excluding hydrogens is 257 g/mol. The van der Waals surface area contributed by atoms with Crippen molar-refractivity contribution in [2.75, 3.05) is 13.2 Å². The molecule has 1 aliphatic rings. The van der Waals surface area contributed by atoms with E-state index in [9.17, 15) is 0 Å². The predicted molar refractivity (Wildman–Crippen MR) is 43.3 cm³/mol. The Hall–Kier alpha value is 3.36. The topological polar surface area (TPSA) is 61.0 Å². The monoisotopic (exact) mass is 272 g/mol. The Morgan fingerprint density at radius 2 is 1.83 bits per heavy atom. The van der Waals surface area contributed by atoms with Crippen molar-refractivity contribution in [2.24, 2.45) is 0 Å². The molecule has 0 aromatic rings. The molecule has 1 heterocycles. The van der Waals surface area contributed by atoms with Crippen molar-refractivity contribution >= 4 is 17.0 Å². The van der Waals surface area contributed by atoms with E-state index in [1.807, 2.05) is 0 Å². The van der Waals surface area contributed by atoms with Crippen molar-refractivity contribution in [3.63, 3.8) is 0 Å². The summed E-state index contributed by atoms with van der Waals surface area (Å²) in [6, 6.07) is 0. The number of aliphatic hydroxyl groups is 1.